The van der Waals surface area contributed by atoms with Crippen molar-refractivity contribution in [2.24, 2.45) is 0 Å². The van der Waals surface area contributed by atoms with Crippen molar-refractivity contribution in [1.29, 1.82) is 0 Å². The molecule has 0 fully saturated rings. The molecule has 1 aromatic rings. The van der Waals surface area contributed by atoms with Crippen LogP contribution in [0.15, 0.2) is 30.4 Å². The highest BCUT2D eigenvalue weighted by molar-refractivity contribution is 6.01. The highest BCUT2D eigenvalue weighted by Crippen LogP contribution is 2.20. The van der Waals surface area contributed by atoms with Crippen LogP contribution in [0.1, 0.15) is 28.8 Å². The van der Waals surface area contributed by atoms with Gasteiger partial charge in [0.05, 0.1) is 11.3 Å². The maximum atomic E-state index is 11.9. The lowest BCUT2D eigenvalue weighted by atomic mass is 10.1. The average molecular weight is 260 g/mol. The van der Waals surface area contributed by atoms with E-state index in [0.29, 0.717) is 5.69 Å². The van der Waals surface area contributed by atoms with Crippen LogP contribution in [-0.4, -0.2) is 23.1 Å². The zero-order chi connectivity index (χ0) is 13.8. The third kappa shape index (κ3) is 3.13. The van der Waals surface area contributed by atoms with E-state index in [-0.39, 0.29) is 17.6 Å². The predicted molar refractivity (Wildman–Crippen MR) is 72.5 cm³/mol. The Morgan fingerprint density at radius 1 is 1.26 bits per heavy atom. The molecule has 1 aliphatic rings. The normalized spacial score (nSPS) is 14.4. The number of rotatable bonds is 3. The van der Waals surface area contributed by atoms with E-state index in [0.717, 1.165) is 18.4 Å². The van der Waals surface area contributed by atoms with Gasteiger partial charge >= 0.3 is 12.0 Å². The first-order chi connectivity index (χ1) is 9.08. The molecule has 0 saturated heterocycles. The summed E-state index contributed by atoms with van der Waals surface area (Å²) in [6, 6.07) is 4.62. The van der Waals surface area contributed by atoms with Gasteiger partial charge in [0.1, 0.15) is 0 Å². The van der Waals surface area contributed by atoms with E-state index in [2.05, 4.69) is 10.6 Å². The molecule has 1 aromatic carbocycles. The van der Waals surface area contributed by atoms with Crippen LogP contribution in [0.3, 0.4) is 0 Å². The molecule has 2 rings (SSSR count). The quantitative estimate of drug-likeness (QED) is 0.731. The van der Waals surface area contributed by atoms with Gasteiger partial charge in [0.25, 0.3) is 0 Å². The summed E-state index contributed by atoms with van der Waals surface area (Å²) in [5.74, 6) is -1.05. The summed E-state index contributed by atoms with van der Waals surface area (Å²) < 4.78 is 0. The number of carbonyl (C=O) groups is 2. The van der Waals surface area contributed by atoms with E-state index in [9.17, 15) is 9.59 Å². The minimum Gasteiger partial charge on any atom is -0.478 e. The monoisotopic (exact) mass is 260 g/mol. The second-order valence-electron chi connectivity index (χ2n) is 4.54. The number of carbonyl (C=O) groups excluding carboxylic acids is 1. The molecule has 19 heavy (non-hydrogen) atoms. The first-order valence-electron chi connectivity index (χ1n) is 6.13. The highest BCUT2D eigenvalue weighted by atomic mass is 16.4. The van der Waals surface area contributed by atoms with E-state index in [1.54, 1.807) is 19.1 Å². The van der Waals surface area contributed by atoms with Gasteiger partial charge in [0, 0.05) is 6.04 Å². The Balaban J connectivity index is 2.09. The molecule has 5 nitrogen and oxygen atoms in total. The van der Waals surface area contributed by atoms with Crippen molar-refractivity contribution in [3.8, 4) is 0 Å². The molecule has 2 amide bonds. The molecule has 0 aromatic heterocycles. The van der Waals surface area contributed by atoms with Gasteiger partial charge in [-0.25, -0.2) is 9.59 Å². The zero-order valence-corrected chi connectivity index (χ0v) is 10.6. The number of amides is 2. The lowest BCUT2D eigenvalue weighted by molar-refractivity contribution is 0.0698. The Morgan fingerprint density at radius 2 is 1.95 bits per heavy atom. The highest BCUT2D eigenvalue weighted by Gasteiger charge is 2.17. The maximum Gasteiger partial charge on any atom is 0.337 e. The summed E-state index contributed by atoms with van der Waals surface area (Å²) in [4.78, 5) is 23.0. The van der Waals surface area contributed by atoms with Crippen LogP contribution in [0.2, 0.25) is 0 Å². The van der Waals surface area contributed by atoms with Gasteiger partial charge in [-0.1, -0.05) is 24.3 Å². The molecule has 100 valence electrons. The Bertz CT molecular complexity index is 529. The van der Waals surface area contributed by atoms with Crippen LogP contribution in [0.4, 0.5) is 10.5 Å². The molecule has 3 N–H and O–H groups in total. The largest absolute Gasteiger partial charge is 0.478 e. The summed E-state index contributed by atoms with van der Waals surface area (Å²) in [7, 11) is 0. The molecule has 5 heteroatoms. The number of para-hydroxylation sites is 1. The number of benzene rings is 1. The van der Waals surface area contributed by atoms with E-state index in [1.165, 1.54) is 6.07 Å². The van der Waals surface area contributed by atoms with Crippen molar-refractivity contribution < 1.29 is 14.7 Å². The summed E-state index contributed by atoms with van der Waals surface area (Å²) in [5.41, 5.74) is 1.16. The fourth-order valence-corrected chi connectivity index (χ4v) is 2.08. The number of hydrogen-bond acceptors (Lipinski definition) is 2. The van der Waals surface area contributed by atoms with Crippen LogP contribution in [0.5, 0.6) is 0 Å². The molecule has 0 atom stereocenters. The van der Waals surface area contributed by atoms with Gasteiger partial charge in [-0.3, -0.25) is 0 Å². The van der Waals surface area contributed by atoms with Crippen LogP contribution >= 0.6 is 0 Å². The van der Waals surface area contributed by atoms with Crippen LogP contribution in [0.25, 0.3) is 0 Å². The third-order valence-electron chi connectivity index (χ3n) is 3.08. The van der Waals surface area contributed by atoms with Crippen molar-refractivity contribution in [3.63, 3.8) is 0 Å². The molecule has 0 aliphatic heterocycles. The van der Waals surface area contributed by atoms with Gasteiger partial charge in [-0.05, 0) is 31.4 Å². The lowest BCUT2D eigenvalue weighted by Crippen LogP contribution is -2.36. The minimum atomic E-state index is -1.05. The number of anilines is 1. The van der Waals surface area contributed by atoms with Crippen LogP contribution in [-0.2, 0) is 0 Å². The summed E-state index contributed by atoms with van der Waals surface area (Å²) in [6.45, 7) is 1.76. The van der Waals surface area contributed by atoms with Gasteiger partial charge < -0.3 is 15.7 Å². The molecular weight excluding hydrogens is 244 g/mol. The smallest absolute Gasteiger partial charge is 0.337 e. The molecule has 0 spiro atoms. The number of aromatic carboxylic acids is 1. The molecule has 1 aliphatic carbocycles. The summed E-state index contributed by atoms with van der Waals surface area (Å²) in [5, 5.41) is 14.5. The van der Waals surface area contributed by atoms with Crippen molar-refractivity contribution in [2.75, 3.05) is 5.32 Å². The van der Waals surface area contributed by atoms with Gasteiger partial charge in [-0.2, -0.15) is 0 Å². The Labute approximate surface area is 111 Å². The van der Waals surface area contributed by atoms with Crippen molar-refractivity contribution >= 4 is 17.7 Å². The molecule has 0 unspecified atom stereocenters. The minimum absolute atomic E-state index is 0.0947. The van der Waals surface area contributed by atoms with Gasteiger partial charge in [0.2, 0.25) is 0 Å². The topological polar surface area (TPSA) is 78.4 Å². The molecule has 0 heterocycles. The third-order valence-corrected chi connectivity index (χ3v) is 3.08. The predicted octanol–water partition coefficient (Wildman–Crippen LogP) is 2.53. The SMILES string of the molecule is Cc1cccc(C(=O)O)c1NC(=O)NC1CC=CC1. The number of carboxylic acid groups (broad SMARTS) is 1. The van der Waals surface area contributed by atoms with E-state index < -0.39 is 5.97 Å². The number of carboxylic acids is 1. The number of nitrogens with one attached hydrogen (secondary N) is 2. The molecular formula is C14H16N2O3. The lowest BCUT2D eigenvalue weighted by Gasteiger charge is -2.15. The van der Waals surface area contributed by atoms with E-state index in [4.69, 9.17) is 5.11 Å². The molecule has 0 bridgehead atoms. The van der Waals surface area contributed by atoms with E-state index >= 15 is 0 Å². The second-order valence-corrected chi connectivity index (χ2v) is 4.54. The Hall–Kier alpha value is -2.30. The van der Waals surface area contributed by atoms with Gasteiger partial charge in [0.15, 0.2) is 0 Å². The summed E-state index contributed by atoms with van der Waals surface area (Å²) >= 11 is 0. The molecule has 0 saturated carbocycles. The first kappa shape index (κ1) is 13.1. The van der Waals surface area contributed by atoms with E-state index in [1.807, 2.05) is 12.2 Å². The Morgan fingerprint density at radius 3 is 2.58 bits per heavy atom. The van der Waals surface area contributed by atoms with Gasteiger partial charge in [-0.15, -0.1) is 0 Å². The molecule has 0 radical (unpaired) electrons. The second kappa shape index (κ2) is 5.56. The maximum absolute atomic E-state index is 11.9. The van der Waals surface area contributed by atoms with Crippen molar-refractivity contribution in [3.05, 3.63) is 41.5 Å². The van der Waals surface area contributed by atoms with Crippen LogP contribution < -0.4 is 10.6 Å². The number of hydrogen-bond donors (Lipinski definition) is 3. The Kier molecular flexibility index (Phi) is 3.85. The zero-order valence-electron chi connectivity index (χ0n) is 10.6. The van der Waals surface area contributed by atoms with Crippen LogP contribution in [0, 0.1) is 6.92 Å². The standard InChI is InChI=1S/C14H16N2O3/c1-9-5-4-8-11(13(17)18)12(9)16-14(19)15-10-6-2-3-7-10/h2-5,8,10H,6-7H2,1H3,(H,17,18)(H2,15,16,19). The summed E-state index contributed by atoms with van der Waals surface area (Å²) in [6.07, 6.45) is 5.66. The number of urea groups is 1. The number of aryl methyl sites for hydroxylation is 1. The fourth-order valence-electron chi connectivity index (χ4n) is 2.08. The first-order valence-corrected chi connectivity index (χ1v) is 6.13. The average Bonchev–Trinajstić information content (AvgIpc) is 2.84. The van der Waals surface area contributed by atoms with Crippen molar-refractivity contribution in [1.82, 2.24) is 5.32 Å². The fraction of sp³-hybridized carbons (Fsp3) is 0.286. The van der Waals surface area contributed by atoms with Crippen molar-refractivity contribution in [2.45, 2.75) is 25.8 Å².